The van der Waals surface area contributed by atoms with Crippen molar-refractivity contribution in [3.05, 3.63) is 34.6 Å². The van der Waals surface area contributed by atoms with Crippen molar-refractivity contribution in [3.63, 3.8) is 0 Å². The molecular weight excluding hydrogens is 275 g/mol. The number of hydrogen-bond acceptors (Lipinski definition) is 1. The highest BCUT2D eigenvalue weighted by molar-refractivity contribution is 6.31. The standard InChI is InChI=1S/C17H22ClFO/c1-11-7-8-13(15(20)9-11)17(2,3)10-12-5-4-6-14(19)16(12)18/h4-6,11,13H,7-10H2,1-3H3. The van der Waals surface area contributed by atoms with Crippen LogP contribution in [0, 0.1) is 23.1 Å². The fourth-order valence-corrected chi connectivity index (χ4v) is 3.52. The molecule has 1 saturated carbocycles. The van der Waals surface area contributed by atoms with Gasteiger partial charge in [0.25, 0.3) is 0 Å². The van der Waals surface area contributed by atoms with Gasteiger partial charge in [-0.15, -0.1) is 0 Å². The lowest BCUT2D eigenvalue weighted by atomic mass is 9.66. The van der Waals surface area contributed by atoms with Crippen LogP contribution in [0.1, 0.15) is 45.6 Å². The quantitative estimate of drug-likeness (QED) is 0.762. The maximum atomic E-state index is 13.5. The van der Waals surface area contributed by atoms with Crippen molar-refractivity contribution in [3.8, 4) is 0 Å². The fraction of sp³-hybridized carbons (Fsp3) is 0.588. The summed E-state index contributed by atoms with van der Waals surface area (Å²) in [5.41, 5.74) is 0.609. The van der Waals surface area contributed by atoms with E-state index < -0.39 is 0 Å². The van der Waals surface area contributed by atoms with Gasteiger partial charge < -0.3 is 0 Å². The zero-order chi connectivity index (χ0) is 14.9. The van der Waals surface area contributed by atoms with Gasteiger partial charge in [-0.2, -0.15) is 0 Å². The zero-order valence-electron chi connectivity index (χ0n) is 12.4. The minimum absolute atomic E-state index is 0.0537. The lowest BCUT2D eigenvalue weighted by molar-refractivity contribution is -0.129. The average Bonchev–Trinajstić information content (AvgIpc) is 2.34. The van der Waals surface area contributed by atoms with Gasteiger partial charge in [-0.3, -0.25) is 4.79 Å². The van der Waals surface area contributed by atoms with Gasteiger partial charge in [0.1, 0.15) is 11.6 Å². The zero-order valence-corrected chi connectivity index (χ0v) is 13.1. The lowest BCUT2D eigenvalue weighted by Gasteiger charge is -2.37. The largest absolute Gasteiger partial charge is 0.299 e. The summed E-state index contributed by atoms with van der Waals surface area (Å²) in [6.45, 7) is 6.31. The second-order valence-electron chi connectivity index (χ2n) is 6.78. The van der Waals surface area contributed by atoms with E-state index in [0.717, 1.165) is 18.4 Å². The summed E-state index contributed by atoms with van der Waals surface area (Å²) < 4.78 is 13.5. The molecule has 1 fully saturated rings. The van der Waals surface area contributed by atoms with E-state index in [1.54, 1.807) is 6.07 Å². The number of carbonyl (C=O) groups excluding carboxylic acids is 1. The average molecular weight is 297 g/mol. The van der Waals surface area contributed by atoms with E-state index in [-0.39, 0.29) is 22.2 Å². The molecule has 1 aliphatic carbocycles. The number of ketones is 1. The maximum Gasteiger partial charge on any atom is 0.142 e. The van der Waals surface area contributed by atoms with E-state index in [1.807, 2.05) is 6.07 Å². The molecule has 0 aromatic heterocycles. The topological polar surface area (TPSA) is 17.1 Å². The molecule has 0 N–H and O–H groups in total. The third-order valence-electron chi connectivity index (χ3n) is 4.51. The number of carbonyl (C=O) groups is 1. The third-order valence-corrected chi connectivity index (χ3v) is 4.93. The first-order valence-corrected chi connectivity index (χ1v) is 7.64. The molecule has 3 heteroatoms. The van der Waals surface area contributed by atoms with E-state index >= 15 is 0 Å². The lowest BCUT2D eigenvalue weighted by Crippen LogP contribution is -2.36. The Morgan fingerprint density at radius 1 is 1.35 bits per heavy atom. The SMILES string of the molecule is CC1CCC(C(C)(C)Cc2cccc(F)c2Cl)C(=O)C1. The van der Waals surface area contributed by atoms with Crippen LogP contribution in [-0.2, 0) is 11.2 Å². The molecule has 20 heavy (non-hydrogen) atoms. The highest BCUT2D eigenvalue weighted by Gasteiger charge is 2.38. The molecule has 2 rings (SSSR count). The predicted molar refractivity (Wildman–Crippen MR) is 80.4 cm³/mol. The molecule has 0 radical (unpaired) electrons. The van der Waals surface area contributed by atoms with E-state index in [4.69, 9.17) is 11.6 Å². The monoisotopic (exact) mass is 296 g/mol. The molecule has 0 bridgehead atoms. The molecule has 110 valence electrons. The Bertz CT molecular complexity index is 510. The summed E-state index contributed by atoms with van der Waals surface area (Å²) in [6, 6.07) is 4.90. The molecule has 1 aliphatic rings. The van der Waals surface area contributed by atoms with Crippen molar-refractivity contribution >= 4 is 17.4 Å². The van der Waals surface area contributed by atoms with Gasteiger partial charge in [-0.1, -0.05) is 44.5 Å². The van der Waals surface area contributed by atoms with Crippen LogP contribution in [0.25, 0.3) is 0 Å². The normalized spacial score (nSPS) is 23.9. The first-order chi connectivity index (χ1) is 9.31. The Morgan fingerprint density at radius 3 is 2.70 bits per heavy atom. The van der Waals surface area contributed by atoms with E-state index in [0.29, 0.717) is 24.5 Å². The van der Waals surface area contributed by atoms with Crippen LogP contribution in [0.15, 0.2) is 18.2 Å². The highest BCUT2D eigenvalue weighted by Crippen LogP contribution is 2.41. The Labute approximate surface area is 125 Å². The second kappa shape index (κ2) is 5.85. The van der Waals surface area contributed by atoms with Crippen molar-refractivity contribution in [2.24, 2.45) is 17.3 Å². The summed E-state index contributed by atoms with van der Waals surface area (Å²) in [5.74, 6) is 0.509. The minimum Gasteiger partial charge on any atom is -0.299 e. The number of hydrogen-bond donors (Lipinski definition) is 0. The van der Waals surface area contributed by atoms with Crippen molar-refractivity contribution in [2.75, 3.05) is 0 Å². The van der Waals surface area contributed by atoms with Gasteiger partial charge in [-0.25, -0.2) is 4.39 Å². The number of Topliss-reactive ketones (excluding diaryl/α,β-unsaturated/α-hetero) is 1. The van der Waals surface area contributed by atoms with Crippen LogP contribution in [0.2, 0.25) is 5.02 Å². The smallest absolute Gasteiger partial charge is 0.142 e. The Kier molecular flexibility index (Phi) is 4.53. The summed E-state index contributed by atoms with van der Waals surface area (Å²) >= 11 is 6.04. The molecule has 1 aromatic carbocycles. The molecule has 2 atom stereocenters. The van der Waals surface area contributed by atoms with Crippen LogP contribution in [0.3, 0.4) is 0 Å². The van der Waals surface area contributed by atoms with Gasteiger partial charge in [0, 0.05) is 12.3 Å². The fourth-order valence-electron chi connectivity index (χ4n) is 3.33. The Morgan fingerprint density at radius 2 is 2.05 bits per heavy atom. The molecule has 0 heterocycles. The third kappa shape index (κ3) is 3.22. The molecule has 1 nitrogen and oxygen atoms in total. The molecule has 1 aromatic rings. The van der Waals surface area contributed by atoms with Gasteiger partial charge >= 0.3 is 0 Å². The van der Waals surface area contributed by atoms with Crippen molar-refractivity contribution in [2.45, 2.75) is 46.5 Å². The van der Waals surface area contributed by atoms with Crippen molar-refractivity contribution in [1.82, 2.24) is 0 Å². The number of halogens is 2. The summed E-state index contributed by atoms with van der Waals surface area (Å²) in [4.78, 5) is 12.3. The Balaban J connectivity index is 2.18. The second-order valence-corrected chi connectivity index (χ2v) is 7.16. The van der Waals surface area contributed by atoms with Crippen molar-refractivity contribution in [1.29, 1.82) is 0 Å². The Hall–Kier alpha value is -0.890. The summed E-state index contributed by atoms with van der Waals surface area (Å²) in [6.07, 6.45) is 3.33. The van der Waals surface area contributed by atoms with E-state index in [2.05, 4.69) is 20.8 Å². The molecule has 0 spiro atoms. The van der Waals surface area contributed by atoms with E-state index in [9.17, 15) is 9.18 Å². The van der Waals surface area contributed by atoms with Crippen LogP contribution in [0.4, 0.5) is 4.39 Å². The maximum absolute atomic E-state index is 13.5. The van der Waals surface area contributed by atoms with Gasteiger partial charge in [0.15, 0.2) is 0 Å². The van der Waals surface area contributed by atoms with Crippen LogP contribution >= 0.6 is 11.6 Å². The van der Waals surface area contributed by atoms with Crippen LogP contribution in [-0.4, -0.2) is 5.78 Å². The van der Waals surface area contributed by atoms with Crippen LogP contribution < -0.4 is 0 Å². The van der Waals surface area contributed by atoms with Crippen LogP contribution in [0.5, 0.6) is 0 Å². The number of benzene rings is 1. The predicted octanol–water partition coefficient (Wildman–Crippen LogP) is 5.05. The van der Waals surface area contributed by atoms with Gasteiger partial charge in [0.05, 0.1) is 5.02 Å². The highest BCUT2D eigenvalue weighted by atomic mass is 35.5. The number of rotatable bonds is 3. The first kappa shape index (κ1) is 15.5. The summed E-state index contributed by atoms with van der Waals surface area (Å²) in [5, 5.41) is 0.192. The van der Waals surface area contributed by atoms with E-state index in [1.165, 1.54) is 6.07 Å². The molecule has 0 saturated heterocycles. The first-order valence-electron chi connectivity index (χ1n) is 7.27. The molecule has 2 unspecified atom stereocenters. The molecule has 0 aliphatic heterocycles. The van der Waals surface area contributed by atoms with Gasteiger partial charge in [-0.05, 0) is 42.2 Å². The van der Waals surface area contributed by atoms with Crippen molar-refractivity contribution < 1.29 is 9.18 Å². The van der Waals surface area contributed by atoms with Gasteiger partial charge in [0.2, 0.25) is 0 Å². The molecule has 0 amide bonds. The minimum atomic E-state index is -0.386. The molecular formula is C17H22ClFO. The summed E-state index contributed by atoms with van der Waals surface area (Å²) in [7, 11) is 0.